The molecule has 1 fully saturated rings. The maximum absolute atomic E-state index is 10.1. The van der Waals surface area contributed by atoms with Crippen LogP contribution in [0.5, 0.6) is 5.75 Å². The Labute approximate surface area is 127 Å². The van der Waals surface area contributed by atoms with Gasteiger partial charge in [-0.05, 0) is 56.9 Å². The zero-order valence-corrected chi connectivity index (χ0v) is 13.3. The zero-order valence-electron chi connectivity index (χ0n) is 13.3. The number of hydrogen-bond donors (Lipinski definition) is 2. The van der Waals surface area contributed by atoms with Crippen molar-refractivity contribution in [3.63, 3.8) is 0 Å². The molecular weight excluding hydrogens is 266 g/mol. The van der Waals surface area contributed by atoms with E-state index in [0.29, 0.717) is 19.8 Å². The molecule has 0 aromatic heterocycles. The molecule has 4 nitrogen and oxygen atoms in total. The fourth-order valence-electron chi connectivity index (χ4n) is 2.71. The van der Waals surface area contributed by atoms with Crippen molar-refractivity contribution in [2.45, 2.75) is 45.3 Å². The van der Waals surface area contributed by atoms with Crippen LogP contribution in [-0.4, -0.2) is 43.1 Å². The van der Waals surface area contributed by atoms with E-state index in [1.807, 2.05) is 26.0 Å². The highest BCUT2D eigenvalue weighted by atomic mass is 16.5. The minimum atomic E-state index is -0.524. The van der Waals surface area contributed by atoms with Crippen molar-refractivity contribution in [2.75, 3.05) is 26.4 Å². The topological polar surface area (TPSA) is 50.7 Å². The number of rotatable bonds is 6. The van der Waals surface area contributed by atoms with E-state index in [4.69, 9.17) is 9.47 Å². The first-order valence-electron chi connectivity index (χ1n) is 7.69. The van der Waals surface area contributed by atoms with E-state index in [1.165, 1.54) is 11.1 Å². The Hall–Kier alpha value is -1.10. The van der Waals surface area contributed by atoms with Gasteiger partial charge in [-0.25, -0.2) is 0 Å². The zero-order chi connectivity index (χ0) is 15.3. The molecule has 118 valence electrons. The monoisotopic (exact) mass is 293 g/mol. The predicted molar refractivity (Wildman–Crippen MR) is 83.9 cm³/mol. The smallest absolute Gasteiger partial charge is 0.119 e. The summed E-state index contributed by atoms with van der Waals surface area (Å²) in [6, 6.07) is 6.08. The highest BCUT2D eigenvalue weighted by molar-refractivity contribution is 5.32. The fraction of sp³-hybridized carbons (Fsp3) is 0.647. The number of β-amino-alcohol motifs (C(OH)–C–C–N with tert-alkyl or cyclic N) is 1. The first-order chi connectivity index (χ1) is 9.97. The molecule has 0 bridgehead atoms. The maximum atomic E-state index is 10.1. The van der Waals surface area contributed by atoms with Crippen LogP contribution in [0.4, 0.5) is 0 Å². The third-order valence-corrected chi connectivity index (χ3v) is 3.84. The van der Waals surface area contributed by atoms with Crippen LogP contribution in [0.3, 0.4) is 0 Å². The number of aryl methyl sites for hydroxylation is 2. The van der Waals surface area contributed by atoms with Gasteiger partial charge >= 0.3 is 0 Å². The van der Waals surface area contributed by atoms with E-state index < -0.39 is 6.10 Å². The summed E-state index contributed by atoms with van der Waals surface area (Å²) in [6.45, 7) is 8.60. The fourth-order valence-corrected chi connectivity index (χ4v) is 2.71. The Morgan fingerprint density at radius 1 is 1.33 bits per heavy atom. The average Bonchev–Trinajstić information content (AvgIpc) is 2.43. The van der Waals surface area contributed by atoms with E-state index in [-0.39, 0.29) is 5.54 Å². The van der Waals surface area contributed by atoms with Crippen molar-refractivity contribution in [2.24, 2.45) is 0 Å². The highest BCUT2D eigenvalue weighted by Gasteiger charge is 2.27. The first kappa shape index (κ1) is 16.3. The SMILES string of the molecule is Cc1cc(C)cc(OCC(O)CNC2(C)CCCOC2)c1. The summed E-state index contributed by atoms with van der Waals surface area (Å²) in [7, 11) is 0. The van der Waals surface area contributed by atoms with Crippen LogP contribution < -0.4 is 10.1 Å². The highest BCUT2D eigenvalue weighted by Crippen LogP contribution is 2.18. The summed E-state index contributed by atoms with van der Waals surface area (Å²) in [6.07, 6.45) is 1.63. The van der Waals surface area contributed by atoms with Gasteiger partial charge in [-0.2, -0.15) is 0 Å². The lowest BCUT2D eigenvalue weighted by molar-refractivity contribution is 0.0184. The molecule has 1 aliphatic rings. The number of benzene rings is 1. The van der Waals surface area contributed by atoms with Crippen LogP contribution in [0.25, 0.3) is 0 Å². The van der Waals surface area contributed by atoms with Gasteiger partial charge in [-0.3, -0.25) is 0 Å². The summed E-state index contributed by atoms with van der Waals surface area (Å²) >= 11 is 0. The van der Waals surface area contributed by atoms with Crippen LogP contribution in [0.15, 0.2) is 18.2 Å². The van der Waals surface area contributed by atoms with Crippen LogP contribution >= 0.6 is 0 Å². The van der Waals surface area contributed by atoms with Gasteiger partial charge in [0.15, 0.2) is 0 Å². The molecule has 1 saturated heterocycles. The van der Waals surface area contributed by atoms with Crippen LogP contribution in [0.2, 0.25) is 0 Å². The normalized spacial score (nSPS) is 23.8. The van der Waals surface area contributed by atoms with E-state index >= 15 is 0 Å². The molecule has 1 aromatic rings. The Balaban J connectivity index is 1.75. The van der Waals surface area contributed by atoms with Gasteiger partial charge in [-0.15, -0.1) is 0 Å². The Bertz CT molecular complexity index is 435. The van der Waals surface area contributed by atoms with Gasteiger partial charge in [0.2, 0.25) is 0 Å². The van der Waals surface area contributed by atoms with Crippen molar-refractivity contribution in [1.29, 1.82) is 0 Å². The maximum Gasteiger partial charge on any atom is 0.119 e. The number of nitrogens with one attached hydrogen (secondary N) is 1. The van der Waals surface area contributed by atoms with Crippen LogP contribution in [-0.2, 0) is 4.74 Å². The van der Waals surface area contributed by atoms with Crippen molar-refractivity contribution >= 4 is 0 Å². The van der Waals surface area contributed by atoms with Crippen LogP contribution in [0.1, 0.15) is 30.9 Å². The van der Waals surface area contributed by atoms with Crippen LogP contribution in [0, 0.1) is 13.8 Å². The molecule has 2 rings (SSSR count). The van der Waals surface area contributed by atoms with E-state index in [0.717, 1.165) is 25.2 Å². The molecule has 1 aliphatic heterocycles. The number of ether oxygens (including phenoxy) is 2. The standard InChI is InChI=1S/C17H27NO3/c1-13-7-14(2)9-16(8-13)21-11-15(19)10-18-17(3)5-4-6-20-12-17/h7-9,15,18-19H,4-6,10-12H2,1-3H3. The van der Waals surface area contributed by atoms with Crippen molar-refractivity contribution in [3.05, 3.63) is 29.3 Å². The second kappa shape index (κ2) is 7.25. The van der Waals surface area contributed by atoms with E-state index in [2.05, 4.69) is 18.3 Å². The Morgan fingerprint density at radius 3 is 2.67 bits per heavy atom. The van der Waals surface area contributed by atoms with Gasteiger partial charge in [0.1, 0.15) is 18.5 Å². The van der Waals surface area contributed by atoms with Crippen molar-refractivity contribution in [1.82, 2.24) is 5.32 Å². The third kappa shape index (κ3) is 5.30. The van der Waals surface area contributed by atoms with Gasteiger partial charge in [0.05, 0.1) is 6.61 Å². The molecule has 1 aromatic carbocycles. The lowest BCUT2D eigenvalue weighted by Crippen LogP contribution is -2.51. The summed E-state index contributed by atoms with van der Waals surface area (Å²) in [5.41, 5.74) is 2.31. The quantitative estimate of drug-likeness (QED) is 0.844. The summed E-state index contributed by atoms with van der Waals surface area (Å²) < 4.78 is 11.2. The molecule has 2 atom stereocenters. The molecule has 0 saturated carbocycles. The average molecular weight is 293 g/mol. The molecule has 21 heavy (non-hydrogen) atoms. The summed E-state index contributed by atoms with van der Waals surface area (Å²) in [4.78, 5) is 0. The second-order valence-corrected chi connectivity index (χ2v) is 6.39. The molecule has 0 radical (unpaired) electrons. The minimum absolute atomic E-state index is 0.0286. The number of aliphatic hydroxyl groups excluding tert-OH is 1. The summed E-state index contributed by atoms with van der Waals surface area (Å²) in [5, 5.41) is 13.5. The van der Waals surface area contributed by atoms with E-state index in [1.54, 1.807) is 0 Å². The van der Waals surface area contributed by atoms with E-state index in [9.17, 15) is 5.11 Å². The number of hydrogen-bond acceptors (Lipinski definition) is 4. The molecule has 0 amide bonds. The minimum Gasteiger partial charge on any atom is -0.491 e. The van der Waals surface area contributed by atoms with Gasteiger partial charge in [0, 0.05) is 18.7 Å². The molecule has 4 heteroatoms. The molecular formula is C17H27NO3. The molecule has 0 spiro atoms. The van der Waals surface area contributed by atoms with Gasteiger partial charge < -0.3 is 19.9 Å². The summed E-state index contributed by atoms with van der Waals surface area (Å²) in [5.74, 6) is 0.818. The molecule has 0 aliphatic carbocycles. The van der Waals surface area contributed by atoms with Crippen molar-refractivity contribution < 1.29 is 14.6 Å². The number of aliphatic hydroxyl groups is 1. The Morgan fingerprint density at radius 2 is 2.05 bits per heavy atom. The molecule has 1 heterocycles. The molecule has 2 unspecified atom stereocenters. The third-order valence-electron chi connectivity index (χ3n) is 3.84. The lowest BCUT2D eigenvalue weighted by Gasteiger charge is -2.35. The largest absolute Gasteiger partial charge is 0.491 e. The second-order valence-electron chi connectivity index (χ2n) is 6.39. The van der Waals surface area contributed by atoms with Gasteiger partial charge in [0.25, 0.3) is 0 Å². The lowest BCUT2D eigenvalue weighted by atomic mass is 9.95. The molecule has 2 N–H and O–H groups in total. The first-order valence-corrected chi connectivity index (χ1v) is 7.69. The van der Waals surface area contributed by atoms with Crippen molar-refractivity contribution in [3.8, 4) is 5.75 Å². The van der Waals surface area contributed by atoms with Gasteiger partial charge in [-0.1, -0.05) is 6.07 Å². The Kier molecular flexibility index (Phi) is 5.62. The predicted octanol–water partition coefficient (Wildman–Crippen LogP) is 2.20.